The summed E-state index contributed by atoms with van der Waals surface area (Å²) < 4.78 is 17.0. The van der Waals surface area contributed by atoms with Gasteiger partial charge in [-0.25, -0.2) is 5.43 Å². The Labute approximate surface area is 177 Å². The number of ether oxygens (including phenoxy) is 3. The van der Waals surface area contributed by atoms with Crippen LogP contribution in [0.4, 0.5) is 5.69 Å². The predicted molar refractivity (Wildman–Crippen MR) is 115 cm³/mol. The molecule has 2 aromatic carbocycles. The van der Waals surface area contributed by atoms with Gasteiger partial charge in [0.1, 0.15) is 5.75 Å². The van der Waals surface area contributed by atoms with Crippen LogP contribution in [0, 0.1) is 0 Å². The Hall–Kier alpha value is -2.38. The van der Waals surface area contributed by atoms with E-state index < -0.39 is 11.4 Å². The van der Waals surface area contributed by atoms with Gasteiger partial charge in [0.15, 0.2) is 5.79 Å². The first-order valence-corrected chi connectivity index (χ1v) is 10.6. The molecule has 2 aliphatic heterocycles. The molecule has 1 unspecified atom stereocenters. The van der Waals surface area contributed by atoms with Gasteiger partial charge in [0.2, 0.25) is 0 Å². The van der Waals surface area contributed by atoms with Gasteiger partial charge in [0, 0.05) is 12.8 Å². The van der Waals surface area contributed by atoms with E-state index in [0.717, 1.165) is 22.7 Å². The van der Waals surface area contributed by atoms with E-state index in [4.69, 9.17) is 14.2 Å². The average molecular weight is 408 g/mol. The minimum Gasteiger partial charge on any atom is -0.497 e. The summed E-state index contributed by atoms with van der Waals surface area (Å²) in [7, 11) is 1.66. The zero-order valence-corrected chi connectivity index (χ0v) is 17.2. The smallest absolute Gasteiger partial charge is 0.168 e. The van der Waals surface area contributed by atoms with E-state index in [2.05, 4.69) is 28.6 Å². The summed E-state index contributed by atoms with van der Waals surface area (Å²) in [4.78, 5) is 0. The van der Waals surface area contributed by atoms with E-state index in [1.54, 1.807) is 7.11 Å². The summed E-state index contributed by atoms with van der Waals surface area (Å²) in [6.07, 6.45) is 4.81. The van der Waals surface area contributed by atoms with Crippen molar-refractivity contribution in [3.8, 4) is 5.75 Å². The fourth-order valence-corrected chi connectivity index (χ4v) is 4.69. The lowest BCUT2D eigenvalue weighted by Gasteiger charge is -2.43. The highest BCUT2D eigenvalue weighted by Crippen LogP contribution is 2.44. The van der Waals surface area contributed by atoms with Gasteiger partial charge in [0.05, 0.1) is 43.4 Å². The number of anilines is 1. The van der Waals surface area contributed by atoms with E-state index in [0.29, 0.717) is 38.9 Å². The largest absolute Gasteiger partial charge is 0.497 e. The Kier molecular flexibility index (Phi) is 5.03. The fraction of sp³-hybridized carbons (Fsp3) is 0.417. The highest BCUT2D eigenvalue weighted by atomic mass is 16.7. The van der Waals surface area contributed by atoms with Crippen LogP contribution in [0.2, 0.25) is 0 Å². The molecule has 2 heterocycles. The molecule has 1 saturated carbocycles. The number of hydrazine groups is 1. The molecule has 2 aromatic rings. The third-order valence-corrected chi connectivity index (χ3v) is 6.50. The van der Waals surface area contributed by atoms with Crippen LogP contribution in [0.25, 0.3) is 5.70 Å². The third kappa shape index (κ3) is 3.50. The molecule has 158 valence electrons. The molecule has 6 nitrogen and oxygen atoms in total. The van der Waals surface area contributed by atoms with Gasteiger partial charge in [-0.05, 0) is 48.7 Å². The number of hydrogen-bond donors (Lipinski definition) is 2. The van der Waals surface area contributed by atoms with Gasteiger partial charge < -0.3 is 19.3 Å². The fourth-order valence-electron chi connectivity index (χ4n) is 4.69. The summed E-state index contributed by atoms with van der Waals surface area (Å²) in [5.74, 6) is 0.319. The van der Waals surface area contributed by atoms with Crippen LogP contribution in [0.3, 0.4) is 0 Å². The first-order chi connectivity index (χ1) is 14.6. The van der Waals surface area contributed by atoms with E-state index in [1.807, 2.05) is 42.5 Å². The molecule has 2 fully saturated rings. The molecular formula is C24H28N2O4. The second kappa shape index (κ2) is 7.71. The van der Waals surface area contributed by atoms with Crippen molar-refractivity contribution in [1.82, 2.24) is 5.43 Å². The average Bonchev–Trinajstić information content (AvgIpc) is 3.45. The first-order valence-electron chi connectivity index (χ1n) is 10.6. The molecule has 0 aromatic heterocycles. The molecule has 5 rings (SSSR count). The lowest BCUT2D eigenvalue weighted by Crippen LogP contribution is -2.55. The lowest BCUT2D eigenvalue weighted by atomic mass is 9.77. The van der Waals surface area contributed by atoms with Crippen molar-refractivity contribution in [2.45, 2.75) is 43.1 Å². The molecule has 30 heavy (non-hydrogen) atoms. The van der Waals surface area contributed by atoms with Crippen LogP contribution < -0.4 is 15.2 Å². The zero-order valence-electron chi connectivity index (χ0n) is 17.2. The highest BCUT2D eigenvalue weighted by molar-refractivity contribution is 5.81. The van der Waals surface area contributed by atoms with Crippen LogP contribution >= 0.6 is 0 Å². The number of rotatable bonds is 4. The Morgan fingerprint density at radius 2 is 1.63 bits per heavy atom. The number of nitrogens with one attached hydrogen (secondary N) is 1. The minimum absolute atomic E-state index is 0.200. The molecule has 0 radical (unpaired) electrons. The van der Waals surface area contributed by atoms with Gasteiger partial charge in [-0.3, -0.25) is 5.01 Å². The van der Waals surface area contributed by atoms with Crippen LogP contribution in [0.15, 0.2) is 60.7 Å². The Balaban J connectivity index is 1.43. The number of benzene rings is 2. The topological polar surface area (TPSA) is 63.2 Å². The molecule has 1 spiro atoms. The van der Waals surface area contributed by atoms with Gasteiger partial charge in [-0.15, -0.1) is 0 Å². The number of methoxy groups -OCH3 is 1. The molecular weight excluding hydrogens is 380 g/mol. The number of nitrogens with zero attached hydrogens (tertiary/aromatic N) is 1. The molecule has 6 heteroatoms. The summed E-state index contributed by atoms with van der Waals surface area (Å²) in [5, 5.41) is 13.6. The maximum absolute atomic E-state index is 11.6. The normalized spacial score (nSPS) is 24.8. The van der Waals surface area contributed by atoms with Crippen LogP contribution in [-0.4, -0.2) is 42.9 Å². The maximum atomic E-state index is 11.6. The Bertz CT molecular complexity index is 897. The highest BCUT2D eigenvalue weighted by Gasteiger charge is 2.50. The van der Waals surface area contributed by atoms with Gasteiger partial charge >= 0.3 is 0 Å². The van der Waals surface area contributed by atoms with Crippen molar-refractivity contribution in [3.63, 3.8) is 0 Å². The lowest BCUT2D eigenvalue weighted by molar-refractivity contribution is -0.204. The van der Waals surface area contributed by atoms with E-state index >= 15 is 0 Å². The Morgan fingerprint density at radius 3 is 2.27 bits per heavy atom. The molecule has 0 bridgehead atoms. The summed E-state index contributed by atoms with van der Waals surface area (Å²) in [6, 6.07) is 18.0. The molecule has 1 aliphatic carbocycles. The number of hydrogen-bond acceptors (Lipinski definition) is 6. The second-order valence-corrected chi connectivity index (χ2v) is 8.27. The van der Waals surface area contributed by atoms with Crippen LogP contribution in [0.5, 0.6) is 5.75 Å². The molecule has 1 saturated heterocycles. The monoisotopic (exact) mass is 408 g/mol. The zero-order chi connectivity index (χ0) is 20.6. The Morgan fingerprint density at radius 1 is 0.967 bits per heavy atom. The van der Waals surface area contributed by atoms with Crippen molar-refractivity contribution < 1.29 is 19.3 Å². The van der Waals surface area contributed by atoms with Crippen LogP contribution in [0.1, 0.15) is 31.2 Å². The first kappa shape index (κ1) is 19.6. The van der Waals surface area contributed by atoms with Crippen molar-refractivity contribution in [2.75, 3.05) is 25.3 Å². The minimum atomic E-state index is -0.859. The third-order valence-electron chi connectivity index (χ3n) is 6.50. The van der Waals surface area contributed by atoms with Crippen molar-refractivity contribution in [2.24, 2.45) is 0 Å². The van der Waals surface area contributed by atoms with E-state index in [9.17, 15) is 5.11 Å². The van der Waals surface area contributed by atoms with E-state index in [-0.39, 0.29) is 6.04 Å². The van der Waals surface area contributed by atoms with Crippen molar-refractivity contribution in [1.29, 1.82) is 0 Å². The quantitative estimate of drug-likeness (QED) is 0.808. The summed E-state index contributed by atoms with van der Waals surface area (Å²) in [6.45, 7) is 1.28. The summed E-state index contributed by atoms with van der Waals surface area (Å²) >= 11 is 0. The molecule has 0 amide bonds. The van der Waals surface area contributed by atoms with Crippen molar-refractivity contribution in [3.05, 3.63) is 66.2 Å². The van der Waals surface area contributed by atoms with Crippen LogP contribution in [-0.2, 0) is 9.47 Å². The maximum Gasteiger partial charge on any atom is 0.168 e. The van der Waals surface area contributed by atoms with Gasteiger partial charge in [0.25, 0.3) is 0 Å². The van der Waals surface area contributed by atoms with E-state index in [1.165, 1.54) is 0 Å². The number of aliphatic hydroxyl groups is 1. The SMILES string of the molecule is COc1ccc(N2NC(C3(O)CCC4(CC3)OCCO4)C=C2c2ccccc2)cc1. The van der Waals surface area contributed by atoms with Gasteiger partial charge in [-0.1, -0.05) is 30.3 Å². The molecule has 2 N–H and O–H groups in total. The summed E-state index contributed by atoms with van der Waals surface area (Å²) in [5.41, 5.74) is 5.82. The second-order valence-electron chi connectivity index (χ2n) is 8.27. The predicted octanol–water partition coefficient (Wildman–Crippen LogP) is 3.48. The molecule has 1 atom stereocenters. The van der Waals surface area contributed by atoms with Crippen molar-refractivity contribution >= 4 is 11.4 Å². The van der Waals surface area contributed by atoms with Gasteiger partial charge in [-0.2, -0.15) is 0 Å². The molecule has 3 aliphatic rings. The standard InChI is InChI=1S/C24H28N2O4/c1-28-20-9-7-19(8-10-20)26-21(18-5-3-2-4-6-18)17-22(25-26)23(27)11-13-24(14-12-23)29-15-16-30-24/h2-10,17,22,25,27H,11-16H2,1H3.